The van der Waals surface area contributed by atoms with Crippen LogP contribution in [0.15, 0.2) is 35.2 Å². The van der Waals surface area contributed by atoms with Crippen molar-refractivity contribution < 1.29 is 22.5 Å². The Bertz CT molecular complexity index is 491. The summed E-state index contributed by atoms with van der Waals surface area (Å²) in [7, 11) is -1.97. The quantitative estimate of drug-likeness (QED) is 0.508. The highest BCUT2D eigenvalue weighted by atomic mass is 32.2. The Hall–Kier alpha value is -1.30. The molecule has 22 heavy (non-hydrogen) atoms. The Morgan fingerprint density at radius 3 is 2.41 bits per heavy atom. The van der Waals surface area contributed by atoms with Gasteiger partial charge >= 0.3 is 11.9 Å². The molecule has 2 unspecified atom stereocenters. The molecule has 0 spiro atoms. The second-order valence-electron chi connectivity index (χ2n) is 4.94. The lowest BCUT2D eigenvalue weighted by Crippen LogP contribution is -2.45. The van der Waals surface area contributed by atoms with E-state index in [0.29, 0.717) is 11.3 Å². The van der Waals surface area contributed by atoms with Crippen molar-refractivity contribution in [2.45, 2.75) is 55.6 Å². The lowest BCUT2D eigenvalue weighted by molar-refractivity contribution is -0.171. The van der Waals surface area contributed by atoms with E-state index in [9.17, 15) is 17.8 Å². The van der Waals surface area contributed by atoms with Crippen molar-refractivity contribution in [3.05, 3.63) is 30.3 Å². The number of ether oxygens (including phenoxy) is 1. The molecule has 0 amide bonds. The third-order valence-corrected chi connectivity index (χ3v) is 5.04. The number of hydrogen-bond acceptors (Lipinski definition) is 3. The molecule has 0 radical (unpaired) electrons. The molecule has 0 N–H and O–H groups in total. The van der Waals surface area contributed by atoms with Crippen LogP contribution in [0.25, 0.3) is 0 Å². The molecule has 0 aliphatic carbocycles. The summed E-state index contributed by atoms with van der Waals surface area (Å²) >= 11 is 0. The van der Waals surface area contributed by atoms with Gasteiger partial charge in [0.1, 0.15) is 5.25 Å². The highest BCUT2D eigenvalue weighted by Gasteiger charge is 2.51. The molecule has 0 bridgehead atoms. The molecule has 2 atom stereocenters. The molecule has 1 rings (SSSR count). The van der Waals surface area contributed by atoms with Gasteiger partial charge in [0, 0.05) is 4.90 Å². The molecule has 0 saturated carbocycles. The fourth-order valence-corrected chi connectivity index (χ4v) is 3.58. The minimum Gasteiger partial charge on any atom is -0.462 e. The van der Waals surface area contributed by atoms with Crippen LogP contribution in [-0.2, 0) is 20.3 Å². The molecule has 0 saturated heterocycles. The highest BCUT2D eigenvalue weighted by Crippen LogP contribution is 2.31. The van der Waals surface area contributed by atoms with Crippen molar-refractivity contribution in [1.82, 2.24) is 0 Å². The van der Waals surface area contributed by atoms with Crippen LogP contribution in [0.1, 0.15) is 39.5 Å². The Kier molecular flexibility index (Phi) is 7.65. The summed E-state index contributed by atoms with van der Waals surface area (Å²) in [5, 5.41) is -1.57. The number of halogens is 2. The van der Waals surface area contributed by atoms with Gasteiger partial charge < -0.3 is 4.74 Å². The number of esters is 1. The van der Waals surface area contributed by atoms with Crippen molar-refractivity contribution in [1.29, 1.82) is 0 Å². The second-order valence-corrected chi connectivity index (χ2v) is 6.57. The van der Waals surface area contributed by atoms with Gasteiger partial charge in [-0.1, -0.05) is 44.4 Å². The largest absolute Gasteiger partial charge is 0.462 e. The molecular weight excluding hydrogens is 310 g/mol. The first-order chi connectivity index (χ1) is 10.4. The van der Waals surface area contributed by atoms with Crippen LogP contribution >= 0.6 is 0 Å². The van der Waals surface area contributed by atoms with E-state index in [0.717, 1.165) is 12.8 Å². The number of hydrogen-bond donors (Lipinski definition) is 0. The summed E-state index contributed by atoms with van der Waals surface area (Å²) in [6.45, 7) is 3.29. The van der Waals surface area contributed by atoms with Crippen LogP contribution in [0, 0.1) is 0 Å². The van der Waals surface area contributed by atoms with Gasteiger partial charge in [0.15, 0.2) is 0 Å². The Balaban J connectivity index is 3.01. The number of carbonyl (C=O) groups is 1. The zero-order valence-corrected chi connectivity index (χ0v) is 13.7. The molecule has 1 aromatic carbocycles. The van der Waals surface area contributed by atoms with Crippen molar-refractivity contribution in [3.8, 4) is 0 Å². The van der Waals surface area contributed by atoms with Gasteiger partial charge in [-0.05, 0) is 25.5 Å². The molecule has 0 aromatic heterocycles. The molecule has 124 valence electrons. The first-order valence-electron chi connectivity index (χ1n) is 7.45. The maximum absolute atomic E-state index is 14.4. The molecule has 1 aromatic rings. The normalized spacial score (nSPS) is 14.4. The zero-order chi connectivity index (χ0) is 16.6. The first-order valence-corrected chi connectivity index (χ1v) is 8.67. The monoisotopic (exact) mass is 332 g/mol. The van der Waals surface area contributed by atoms with Crippen molar-refractivity contribution in [2.75, 3.05) is 6.61 Å². The number of carbonyl (C=O) groups excluding carboxylic acids is 1. The predicted octanol–water partition coefficient (Wildman–Crippen LogP) is 3.94. The fourth-order valence-electron chi connectivity index (χ4n) is 2.08. The van der Waals surface area contributed by atoms with E-state index in [1.165, 1.54) is 19.1 Å². The Labute approximate surface area is 132 Å². The lowest BCUT2D eigenvalue weighted by atomic mass is 10.1. The third-order valence-electron chi connectivity index (χ3n) is 3.26. The first kappa shape index (κ1) is 18.7. The van der Waals surface area contributed by atoms with E-state index >= 15 is 0 Å². The molecular formula is C16H22F2O3S. The number of alkyl halides is 2. The topological polar surface area (TPSA) is 43.4 Å². The summed E-state index contributed by atoms with van der Waals surface area (Å²) in [6, 6.07) is 8.06. The maximum Gasteiger partial charge on any atom is 0.378 e. The van der Waals surface area contributed by atoms with E-state index in [4.69, 9.17) is 0 Å². The molecule has 0 aliphatic heterocycles. The van der Waals surface area contributed by atoms with Gasteiger partial charge in [-0.25, -0.2) is 4.79 Å². The van der Waals surface area contributed by atoms with Gasteiger partial charge in [0.2, 0.25) is 0 Å². The van der Waals surface area contributed by atoms with E-state index < -0.39 is 27.9 Å². The average molecular weight is 332 g/mol. The minimum absolute atomic E-state index is 0.0150. The number of rotatable bonds is 9. The number of benzene rings is 1. The summed E-state index contributed by atoms with van der Waals surface area (Å²) in [6.07, 6.45) is 2.12. The van der Waals surface area contributed by atoms with Crippen molar-refractivity contribution in [2.24, 2.45) is 0 Å². The highest BCUT2D eigenvalue weighted by molar-refractivity contribution is 7.85. The van der Waals surface area contributed by atoms with Crippen LogP contribution < -0.4 is 0 Å². The molecule has 6 heteroatoms. The van der Waals surface area contributed by atoms with Gasteiger partial charge in [0.05, 0.1) is 17.4 Å². The Morgan fingerprint density at radius 2 is 1.86 bits per heavy atom. The summed E-state index contributed by atoms with van der Waals surface area (Å²) in [5.41, 5.74) is 0. The summed E-state index contributed by atoms with van der Waals surface area (Å²) < 4.78 is 45.7. The lowest BCUT2D eigenvalue weighted by Gasteiger charge is -2.24. The fraction of sp³-hybridized carbons (Fsp3) is 0.562. The van der Waals surface area contributed by atoms with E-state index in [1.54, 1.807) is 18.2 Å². The molecule has 0 aliphatic rings. The molecule has 3 nitrogen and oxygen atoms in total. The van der Waals surface area contributed by atoms with Crippen LogP contribution in [-0.4, -0.2) is 28.0 Å². The smallest absolute Gasteiger partial charge is 0.378 e. The standard InChI is InChI=1S/C16H22F2O3S/c1-3-5-7-12-14(16(17,18)15(19)21-4-2)22(20)13-10-8-6-9-11-13/h6,8-11,14H,3-5,7,12H2,1-2H3. The number of unbranched alkanes of at least 4 members (excludes halogenated alkanes) is 2. The van der Waals surface area contributed by atoms with Gasteiger partial charge in [-0.15, -0.1) is 0 Å². The van der Waals surface area contributed by atoms with E-state index in [2.05, 4.69) is 4.74 Å². The van der Waals surface area contributed by atoms with E-state index in [1.807, 2.05) is 6.92 Å². The maximum atomic E-state index is 14.4. The van der Waals surface area contributed by atoms with Gasteiger partial charge in [-0.2, -0.15) is 8.78 Å². The van der Waals surface area contributed by atoms with E-state index in [-0.39, 0.29) is 13.0 Å². The van der Waals surface area contributed by atoms with Crippen LogP contribution in [0.5, 0.6) is 0 Å². The summed E-state index contributed by atoms with van der Waals surface area (Å²) in [4.78, 5) is 11.9. The zero-order valence-electron chi connectivity index (χ0n) is 12.9. The second kappa shape index (κ2) is 8.98. The van der Waals surface area contributed by atoms with Gasteiger partial charge in [0.25, 0.3) is 0 Å². The SMILES string of the molecule is CCCCCC(S(=O)c1ccccc1)C(F)(F)C(=O)OCC. The molecule has 0 fully saturated rings. The van der Waals surface area contributed by atoms with Crippen LogP contribution in [0.4, 0.5) is 8.78 Å². The minimum atomic E-state index is -3.76. The van der Waals surface area contributed by atoms with Gasteiger partial charge in [-0.3, -0.25) is 4.21 Å². The van der Waals surface area contributed by atoms with Crippen LogP contribution in [0.3, 0.4) is 0 Å². The average Bonchev–Trinajstić information content (AvgIpc) is 2.52. The summed E-state index contributed by atoms with van der Waals surface area (Å²) in [5.74, 6) is -5.36. The molecule has 0 heterocycles. The third kappa shape index (κ3) is 4.87. The van der Waals surface area contributed by atoms with Crippen molar-refractivity contribution in [3.63, 3.8) is 0 Å². The van der Waals surface area contributed by atoms with Crippen molar-refractivity contribution >= 4 is 16.8 Å². The predicted molar refractivity (Wildman–Crippen MR) is 82.4 cm³/mol. The Morgan fingerprint density at radius 1 is 1.23 bits per heavy atom. The van der Waals surface area contributed by atoms with Crippen LogP contribution in [0.2, 0.25) is 0 Å².